The number of thioether (sulfide) groups is 1. The molecule has 0 saturated carbocycles. The molecule has 19 N–H and O–H groups in total. The zero-order valence-electron chi connectivity index (χ0n) is 43.8. The van der Waals surface area contributed by atoms with Crippen molar-refractivity contribution < 1.29 is 73.2 Å². The van der Waals surface area contributed by atoms with Crippen LogP contribution >= 0.6 is 11.8 Å². The van der Waals surface area contributed by atoms with Crippen molar-refractivity contribution in [2.24, 2.45) is 34.0 Å². The van der Waals surface area contributed by atoms with Crippen molar-refractivity contribution in [1.82, 2.24) is 47.9 Å². The first-order chi connectivity index (χ1) is 35.6. The van der Waals surface area contributed by atoms with Crippen LogP contribution in [-0.4, -0.2) is 184 Å². The molecule has 1 rings (SSSR count). The number of carboxylic acids is 2. The molecule has 29 heteroatoms. The lowest BCUT2D eigenvalue weighted by atomic mass is 10.0. The third-order valence-electron chi connectivity index (χ3n) is 11.2. The highest BCUT2D eigenvalue weighted by molar-refractivity contribution is 7.98. The van der Waals surface area contributed by atoms with Crippen LogP contribution < -0.4 is 65.1 Å². The first-order valence-electron chi connectivity index (χ1n) is 24.4. The Morgan fingerprint density at radius 3 is 1.47 bits per heavy atom. The van der Waals surface area contributed by atoms with E-state index in [9.17, 15) is 73.2 Å². The molecule has 0 aliphatic heterocycles. The summed E-state index contributed by atoms with van der Waals surface area (Å²) in [7, 11) is 0. The quantitative estimate of drug-likeness (QED) is 0.0172. The third kappa shape index (κ3) is 24.9. The van der Waals surface area contributed by atoms with Crippen molar-refractivity contribution in [3.8, 4) is 0 Å². The minimum Gasteiger partial charge on any atom is -0.481 e. The van der Waals surface area contributed by atoms with Crippen molar-refractivity contribution in [3.05, 3.63) is 35.9 Å². The Labute approximate surface area is 444 Å². The maximum atomic E-state index is 13.9. The number of benzene rings is 1. The van der Waals surface area contributed by atoms with Crippen molar-refractivity contribution in [2.45, 2.75) is 140 Å². The topological polar surface area (TPSA) is 467 Å². The average molecular weight is 1100 g/mol. The summed E-state index contributed by atoms with van der Waals surface area (Å²) >= 11 is 1.36. The number of carbonyl (C=O) groups is 11. The maximum absolute atomic E-state index is 13.9. The van der Waals surface area contributed by atoms with Crippen LogP contribution in [0.2, 0.25) is 0 Å². The summed E-state index contributed by atoms with van der Waals surface area (Å²) in [4.78, 5) is 148. The highest BCUT2D eigenvalue weighted by Gasteiger charge is 2.35. The fourth-order valence-corrected chi connectivity index (χ4v) is 7.41. The summed E-state index contributed by atoms with van der Waals surface area (Å²) in [5.41, 5.74) is 17.2. The molecule has 76 heavy (non-hydrogen) atoms. The molecule has 0 bridgehead atoms. The van der Waals surface area contributed by atoms with Gasteiger partial charge in [0.1, 0.15) is 54.4 Å². The second-order valence-corrected chi connectivity index (χ2v) is 19.5. The van der Waals surface area contributed by atoms with Crippen LogP contribution in [0.1, 0.15) is 79.2 Å². The zero-order valence-corrected chi connectivity index (χ0v) is 44.6. The van der Waals surface area contributed by atoms with Crippen LogP contribution in [0.25, 0.3) is 0 Å². The second-order valence-electron chi connectivity index (χ2n) is 18.5. The van der Waals surface area contributed by atoms with Gasteiger partial charge in [0.2, 0.25) is 53.2 Å². The molecule has 0 heterocycles. The molecule has 1 aromatic rings. The molecular weight excluding hydrogens is 1020 g/mol. The molecule has 1 aromatic carbocycles. The Kier molecular flexibility index (Phi) is 30.3. The fraction of sp³-hybridized carbons (Fsp3) is 0.617. The molecule has 9 amide bonds. The van der Waals surface area contributed by atoms with Gasteiger partial charge in [-0.05, 0) is 68.9 Å². The number of hydrogen-bond acceptors (Lipinski definition) is 16. The van der Waals surface area contributed by atoms with Crippen molar-refractivity contribution in [1.29, 1.82) is 0 Å². The molecule has 426 valence electrons. The Bertz CT molecular complexity index is 2170. The smallest absolute Gasteiger partial charge is 0.326 e. The Morgan fingerprint density at radius 1 is 0.566 bits per heavy atom. The van der Waals surface area contributed by atoms with Gasteiger partial charge in [-0.1, -0.05) is 58.0 Å². The largest absolute Gasteiger partial charge is 0.481 e. The summed E-state index contributed by atoms with van der Waals surface area (Å²) in [6.07, 6.45) is 0.847. The average Bonchev–Trinajstić information content (AvgIpc) is 3.34. The van der Waals surface area contributed by atoms with Gasteiger partial charge in [0.15, 0.2) is 5.96 Å². The number of carbonyl (C=O) groups excluding carboxylic acids is 9. The molecule has 0 unspecified atom stereocenters. The van der Waals surface area contributed by atoms with Crippen LogP contribution in [0.3, 0.4) is 0 Å². The van der Waals surface area contributed by atoms with E-state index in [0.717, 1.165) is 0 Å². The molecule has 0 saturated heterocycles. The molecule has 28 nitrogen and oxygen atoms in total. The van der Waals surface area contributed by atoms with E-state index in [2.05, 4.69) is 52.8 Å². The highest BCUT2D eigenvalue weighted by atomic mass is 32.2. The van der Waals surface area contributed by atoms with E-state index in [4.69, 9.17) is 17.2 Å². The highest BCUT2D eigenvalue weighted by Crippen LogP contribution is 2.10. The summed E-state index contributed by atoms with van der Waals surface area (Å²) in [5.74, 6) is -12.0. The molecule has 0 aromatic heterocycles. The maximum Gasteiger partial charge on any atom is 0.326 e. The van der Waals surface area contributed by atoms with E-state index in [1.54, 1.807) is 50.4 Å². The zero-order chi connectivity index (χ0) is 57.8. The number of guanidine groups is 1. The minimum atomic E-state index is -1.82. The predicted molar refractivity (Wildman–Crippen MR) is 278 cm³/mol. The van der Waals surface area contributed by atoms with Gasteiger partial charge in [-0.15, -0.1) is 0 Å². The molecule has 0 aliphatic carbocycles. The second kappa shape index (κ2) is 34.5. The van der Waals surface area contributed by atoms with Gasteiger partial charge < -0.3 is 85.5 Å². The normalized spacial score (nSPS) is 15.0. The van der Waals surface area contributed by atoms with Gasteiger partial charge in [-0.3, -0.25) is 52.9 Å². The first kappa shape index (κ1) is 66.9. The minimum absolute atomic E-state index is 0.0415. The number of nitrogens with two attached hydrogens (primary N) is 3. The summed E-state index contributed by atoms with van der Waals surface area (Å²) in [5, 5.41) is 60.8. The number of rotatable bonds is 35. The van der Waals surface area contributed by atoms with Crippen LogP contribution in [0, 0.1) is 11.8 Å². The van der Waals surface area contributed by atoms with E-state index in [-0.39, 0.29) is 44.1 Å². The van der Waals surface area contributed by atoms with Crippen LogP contribution in [0.5, 0.6) is 0 Å². The van der Waals surface area contributed by atoms with Gasteiger partial charge in [0.05, 0.1) is 25.7 Å². The Morgan fingerprint density at radius 2 is 1.00 bits per heavy atom. The number of hydrogen-bond donors (Lipinski definition) is 16. The lowest BCUT2D eigenvalue weighted by Gasteiger charge is -2.27. The van der Waals surface area contributed by atoms with Crippen LogP contribution in [0.15, 0.2) is 35.3 Å². The van der Waals surface area contributed by atoms with Crippen LogP contribution in [0.4, 0.5) is 0 Å². The number of aliphatic carboxylic acids is 2. The van der Waals surface area contributed by atoms with E-state index >= 15 is 0 Å². The van der Waals surface area contributed by atoms with E-state index < -0.39 is 151 Å². The lowest BCUT2D eigenvalue weighted by Crippen LogP contribution is -2.61. The molecular formula is C47H77N13O15S. The summed E-state index contributed by atoms with van der Waals surface area (Å²) in [6, 6.07) is -6.29. The first-order valence-corrected chi connectivity index (χ1v) is 25.8. The molecule has 0 radical (unpaired) electrons. The van der Waals surface area contributed by atoms with Gasteiger partial charge in [0, 0.05) is 13.0 Å². The third-order valence-corrected chi connectivity index (χ3v) is 11.8. The van der Waals surface area contributed by atoms with Gasteiger partial charge in [0.25, 0.3) is 0 Å². The van der Waals surface area contributed by atoms with Gasteiger partial charge in [-0.2, -0.15) is 11.8 Å². The van der Waals surface area contributed by atoms with Crippen LogP contribution in [-0.2, 0) is 59.2 Å². The number of aliphatic imine (C=N–C) groups is 1. The van der Waals surface area contributed by atoms with E-state index in [1.807, 2.05) is 13.8 Å². The molecule has 0 fully saturated rings. The van der Waals surface area contributed by atoms with E-state index in [0.29, 0.717) is 17.7 Å². The Hall–Kier alpha value is -7.11. The number of nitrogens with zero attached hydrogens (tertiary/aromatic N) is 1. The predicted octanol–water partition coefficient (Wildman–Crippen LogP) is -4.99. The summed E-state index contributed by atoms with van der Waals surface area (Å²) < 4.78 is 0. The number of amides is 9. The van der Waals surface area contributed by atoms with Gasteiger partial charge >= 0.3 is 11.9 Å². The fourth-order valence-electron chi connectivity index (χ4n) is 6.94. The molecule has 10 atom stereocenters. The molecule has 0 aliphatic rings. The van der Waals surface area contributed by atoms with Crippen molar-refractivity contribution >= 4 is 82.8 Å². The number of aliphatic hydroxyl groups excluding tert-OH is 2. The Balaban J connectivity index is 3.26. The number of nitrogens with one attached hydrogen (secondary N) is 9. The lowest BCUT2D eigenvalue weighted by molar-refractivity contribution is -0.143. The summed E-state index contributed by atoms with van der Waals surface area (Å²) in [6.45, 7) is 7.11. The van der Waals surface area contributed by atoms with Crippen molar-refractivity contribution in [2.75, 3.05) is 31.8 Å². The van der Waals surface area contributed by atoms with E-state index in [1.165, 1.54) is 25.6 Å². The molecule has 0 spiro atoms. The standard InChI is InChI=1S/C47H77N13O15S/c1-23(2)18-28(48)39(67)52-25(5)37(65)56-32(20-35(63)64)43(71)54-29(14-11-16-51-47(49)50)40(68)53-26(6)38(66)58-33(21-61)45(73)59-34(22-62)44(72)57-31(19-27-12-9-8-10-13-27)42(70)55-30(15-17-76-7)41(69)60-36(24(3)4)46(74)75/h8-10,12-13,23-26,28-34,36,61-62H,11,14-22,48H2,1-7H3,(H,52,67)(H,53,68)(H,54,71)(H,55,70)(H,56,65)(H,57,72)(H,58,66)(H,59,73)(H,60,69)(H,63,64)(H,74,75)(H4,49,50,51)/t25-,26-,28-,29-,30-,31-,32-,33-,34-,36-/m0/s1. The van der Waals surface area contributed by atoms with Crippen molar-refractivity contribution in [3.63, 3.8) is 0 Å². The van der Waals surface area contributed by atoms with Gasteiger partial charge in [-0.25, -0.2) is 4.79 Å². The monoisotopic (exact) mass is 1100 g/mol. The number of aliphatic hydroxyl groups is 2. The SMILES string of the molecule is CSCC[C@H](NC(=O)[C@H](Cc1ccccc1)NC(=O)[C@H](CO)NC(=O)[C@H](CO)NC(=O)[C@H](C)NC(=O)[C@H](CCCN=C(N)N)NC(=O)[C@H](CC(=O)O)NC(=O)[C@H](C)NC(=O)[C@@H](N)CC(C)C)C(=O)N[C@H](C(=O)O)C(C)C. The number of carboxylic acid groups (broad SMARTS) is 2.